The molecule has 36 heavy (non-hydrogen) atoms. The Morgan fingerprint density at radius 2 is 1.86 bits per heavy atom. The van der Waals surface area contributed by atoms with E-state index >= 15 is 0 Å². The van der Waals surface area contributed by atoms with E-state index in [4.69, 9.17) is 0 Å². The van der Waals surface area contributed by atoms with Gasteiger partial charge in [0.25, 0.3) is 0 Å². The normalized spacial score (nSPS) is 16.2. The molecular weight excluding hydrogens is 474 g/mol. The van der Waals surface area contributed by atoms with Crippen LogP contribution in [0, 0.1) is 0 Å². The van der Waals surface area contributed by atoms with Crippen molar-refractivity contribution in [3.8, 4) is 11.1 Å². The number of fused-ring (bicyclic) bond motifs is 1. The number of anilines is 1. The molecule has 2 heterocycles. The van der Waals surface area contributed by atoms with E-state index in [9.17, 15) is 13.2 Å². The molecule has 4 rings (SSSR count). The molecule has 0 fully saturated rings. The molecule has 3 aromatic rings. The van der Waals surface area contributed by atoms with Gasteiger partial charge in [0.1, 0.15) is 0 Å². The number of nitrogens with one attached hydrogen (secondary N) is 1. The summed E-state index contributed by atoms with van der Waals surface area (Å²) in [6.07, 6.45) is 5.42. The number of nitrogens with zero attached hydrogens (tertiary/aromatic N) is 4. The van der Waals surface area contributed by atoms with Crippen molar-refractivity contribution in [3.05, 3.63) is 72.3 Å². The third-order valence-electron chi connectivity index (χ3n) is 6.17. The van der Waals surface area contributed by atoms with Crippen molar-refractivity contribution in [1.82, 2.24) is 19.2 Å². The third kappa shape index (κ3) is 6.33. The molecule has 0 radical (unpaired) electrons. The fourth-order valence-corrected chi connectivity index (χ4v) is 5.78. The van der Waals surface area contributed by atoms with Crippen LogP contribution in [-0.2, 0) is 34.8 Å². The van der Waals surface area contributed by atoms with Crippen LogP contribution in [0.15, 0.2) is 61.1 Å². The molecule has 2 aromatic carbocycles. The monoisotopic (exact) mass is 509 g/mol. The second-order valence-electron chi connectivity index (χ2n) is 10.6. The number of rotatable bonds is 7. The van der Waals surface area contributed by atoms with Crippen LogP contribution in [0.4, 0.5) is 5.69 Å². The SMILES string of the molecule is Cn1cnc(CN2CC(N(CC(=O)NC(C)(C)C)S(C)(=O)=O)Cc3cc(-c4ccccc4)ccc32)c1. The number of carbonyl (C=O) groups excluding carboxylic acids is 1. The average Bonchev–Trinajstić information content (AvgIpc) is 3.20. The Bertz CT molecular complexity index is 1330. The Balaban J connectivity index is 1.70. The molecule has 1 aliphatic rings. The van der Waals surface area contributed by atoms with Gasteiger partial charge in [-0.05, 0) is 56.0 Å². The van der Waals surface area contributed by atoms with Crippen LogP contribution in [0.5, 0.6) is 0 Å². The predicted octanol–water partition coefficient (Wildman–Crippen LogP) is 3.19. The highest BCUT2D eigenvalue weighted by molar-refractivity contribution is 7.88. The third-order valence-corrected chi connectivity index (χ3v) is 7.45. The van der Waals surface area contributed by atoms with Crippen molar-refractivity contribution in [1.29, 1.82) is 0 Å². The van der Waals surface area contributed by atoms with Crippen LogP contribution in [0.2, 0.25) is 0 Å². The lowest BCUT2D eigenvalue weighted by Gasteiger charge is -2.40. The first-order valence-electron chi connectivity index (χ1n) is 12.1. The molecule has 9 heteroatoms. The Morgan fingerprint density at radius 3 is 2.47 bits per heavy atom. The van der Waals surface area contributed by atoms with Gasteiger partial charge in [-0.15, -0.1) is 0 Å². The van der Waals surface area contributed by atoms with Crippen LogP contribution in [0.3, 0.4) is 0 Å². The lowest BCUT2D eigenvalue weighted by Crippen LogP contribution is -2.54. The largest absolute Gasteiger partial charge is 0.364 e. The zero-order valence-corrected chi connectivity index (χ0v) is 22.4. The van der Waals surface area contributed by atoms with Crippen LogP contribution in [0.1, 0.15) is 32.0 Å². The maximum Gasteiger partial charge on any atom is 0.235 e. The number of hydrogen-bond acceptors (Lipinski definition) is 5. The highest BCUT2D eigenvalue weighted by atomic mass is 32.2. The summed E-state index contributed by atoms with van der Waals surface area (Å²) in [4.78, 5) is 19.4. The first kappa shape index (κ1) is 25.9. The van der Waals surface area contributed by atoms with E-state index in [1.165, 1.54) is 10.6 Å². The van der Waals surface area contributed by atoms with E-state index in [2.05, 4.69) is 45.5 Å². The zero-order chi connectivity index (χ0) is 26.1. The van der Waals surface area contributed by atoms with Crippen LogP contribution in [-0.4, -0.2) is 59.1 Å². The average molecular weight is 510 g/mol. The van der Waals surface area contributed by atoms with Gasteiger partial charge >= 0.3 is 0 Å². The fraction of sp³-hybridized carbons (Fsp3) is 0.407. The van der Waals surface area contributed by atoms with Gasteiger partial charge in [0.15, 0.2) is 0 Å². The Hall–Kier alpha value is -3.17. The van der Waals surface area contributed by atoms with E-state index in [0.717, 1.165) is 28.1 Å². The summed E-state index contributed by atoms with van der Waals surface area (Å²) in [7, 11) is -1.72. The molecule has 192 valence electrons. The van der Waals surface area contributed by atoms with E-state index in [1.807, 2.05) is 56.8 Å². The summed E-state index contributed by atoms with van der Waals surface area (Å²) >= 11 is 0. The number of sulfonamides is 1. The molecule has 0 spiro atoms. The van der Waals surface area contributed by atoms with E-state index in [-0.39, 0.29) is 12.5 Å². The number of imidazole rings is 1. The number of aryl methyl sites for hydroxylation is 1. The van der Waals surface area contributed by atoms with Gasteiger partial charge in [-0.3, -0.25) is 4.79 Å². The molecule has 1 aliphatic heterocycles. The summed E-state index contributed by atoms with van der Waals surface area (Å²) in [6.45, 7) is 6.43. The first-order chi connectivity index (χ1) is 16.9. The van der Waals surface area contributed by atoms with Crippen LogP contribution >= 0.6 is 0 Å². The fourth-order valence-electron chi connectivity index (χ4n) is 4.74. The second kappa shape index (κ2) is 10.1. The van der Waals surface area contributed by atoms with E-state index < -0.39 is 21.6 Å². The highest BCUT2D eigenvalue weighted by Crippen LogP contribution is 2.34. The van der Waals surface area contributed by atoms with E-state index in [1.54, 1.807) is 6.33 Å². The Kier molecular flexibility index (Phi) is 7.24. The summed E-state index contributed by atoms with van der Waals surface area (Å²) < 4.78 is 29.1. The van der Waals surface area contributed by atoms with Crippen molar-refractivity contribution in [2.45, 2.75) is 45.3 Å². The number of hydrogen-bond donors (Lipinski definition) is 1. The molecule has 0 saturated carbocycles. The van der Waals surface area contributed by atoms with Crippen molar-refractivity contribution >= 4 is 21.6 Å². The smallest absolute Gasteiger partial charge is 0.235 e. The van der Waals surface area contributed by atoms with Gasteiger partial charge in [0.05, 0.1) is 31.4 Å². The number of aromatic nitrogens is 2. The van der Waals surface area contributed by atoms with Crippen molar-refractivity contribution in [2.24, 2.45) is 7.05 Å². The van der Waals surface area contributed by atoms with E-state index in [0.29, 0.717) is 19.5 Å². The minimum absolute atomic E-state index is 0.216. The maximum atomic E-state index is 12.9. The minimum atomic E-state index is -3.65. The lowest BCUT2D eigenvalue weighted by molar-refractivity contribution is -0.123. The first-order valence-corrected chi connectivity index (χ1v) is 13.9. The van der Waals surface area contributed by atoms with Gasteiger partial charge < -0.3 is 14.8 Å². The topological polar surface area (TPSA) is 87.5 Å². The molecular formula is C27H35N5O3S. The molecule has 1 amide bonds. The molecule has 1 unspecified atom stereocenters. The molecule has 0 aliphatic carbocycles. The summed E-state index contributed by atoms with van der Waals surface area (Å²) in [6, 6.07) is 16.1. The van der Waals surface area contributed by atoms with Crippen molar-refractivity contribution < 1.29 is 13.2 Å². The van der Waals surface area contributed by atoms with Gasteiger partial charge in [-0.25, -0.2) is 13.4 Å². The molecule has 1 aromatic heterocycles. The number of carbonyl (C=O) groups is 1. The van der Waals surface area contributed by atoms with Crippen molar-refractivity contribution in [3.63, 3.8) is 0 Å². The maximum absolute atomic E-state index is 12.9. The second-order valence-corrected chi connectivity index (χ2v) is 12.5. The van der Waals surface area contributed by atoms with Crippen LogP contribution < -0.4 is 10.2 Å². The minimum Gasteiger partial charge on any atom is -0.364 e. The standard InChI is InChI=1S/C27H35N5O3S/c1-27(2,3)29-26(33)18-32(36(5,34)35)24-14-22-13-21(20-9-7-6-8-10-20)11-12-25(22)31(17-24)16-23-15-30(4)19-28-23/h6-13,15,19,24H,14,16-18H2,1-5H3,(H,29,33). The summed E-state index contributed by atoms with van der Waals surface area (Å²) in [5.41, 5.74) is 4.73. The van der Waals surface area contributed by atoms with Crippen molar-refractivity contribution in [2.75, 3.05) is 24.2 Å². The summed E-state index contributed by atoms with van der Waals surface area (Å²) in [5.74, 6) is -0.312. The van der Waals surface area contributed by atoms with Crippen LogP contribution in [0.25, 0.3) is 11.1 Å². The number of amides is 1. The van der Waals surface area contributed by atoms with Gasteiger partial charge in [-0.1, -0.05) is 36.4 Å². The Labute approximate surface area is 214 Å². The molecule has 8 nitrogen and oxygen atoms in total. The molecule has 1 atom stereocenters. The molecule has 1 N–H and O–H groups in total. The predicted molar refractivity (Wildman–Crippen MR) is 143 cm³/mol. The highest BCUT2D eigenvalue weighted by Gasteiger charge is 2.35. The Morgan fingerprint density at radius 1 is 1.14 bits per heavy atom. The lowest BCUT2D eigenvalue weighted by atomic mass is 9.93. The zero-order valence-electron chi connectivity index (χ0n) is 21.6. The summed E-state index contributed by atoms with van der Waals surface area (Å²) in [5, 5.41) is 2.89. The molecule has 0 bridgehead atoms. The quantitative estimate of drug-likeness (QED) is 0.529. The van der Waals surface area contributed by atoms with Gasteiger partial charge in [-0.2, -0.15) is 4.31 Å². The molecule has 0 saturated heterocycles. The van der Waals surface area contributed by atoms with Gasteiger partial charge in [0, 0.05) is 37.1 Å². The number of benzene rings is 2. The van der Waals surface area contributed by atoms with Gasteiger partial charge in [0.2, 0.25) is 15.9 Å².